The number of nitrogens with zero attached hydrogens (tertiary/aromatic N) is 5. The van der Waals surface area contributed by atoms with Crippen LogP contribution in [0.15, 0.2) is 36.8 Å². The first-order valence-corrected chi connectivity index (χ1v) is 10.0. The maximum absolute atomic E-state index is 13.1. The van der Waals surface area contributed by atoms with E-state index in [9.17, 15) is 18.0 Å². The lowest BCUT2D eigenvalue weighted by Crippen LogP contribution is -2.33. The van der Waals surface area contributed by atoms with Crippen molar-refractivity contribution in [2.75, 3.05) is 11.4 Å². The van der Waals surface area contributed by atoms with Crippen LogP contribution < -0.4 is 10.2 Å². The lowest BCUT2D eigenvalue weighted by molar-refractivity contribution is -0.137. The van der Waals surface area contributed by atoms with Gasteiger partial charge in [0.15, 0.2) is 11.5 Å². The van der Waals surface area contributed by atoms with E-state index in [1.807, 2.05) is 11.8 Å². The van der Waals surface area contributed by atoms with E-state index in [2.05, 4.69) is 25.5 Å². The number of carbonyl (C=O) groups excluding carboxylic acids is 1. The van der Waals surface area contributed by atoms with Crippen LogP contribution in [0.3, 0.4) is 0 Å². The van der Waals surface area contributed by atoms with Gasteiger partial charge in [0.05, 0.1) is 5.56 Å². The summed E-state index contributed by atoms with van der Waals surface area (Å²) < 4.78 is 39.2. The standard InChI is InChI=1S/C22H21F3N6O/c1-13-14(2)20(30-29-19(13)21(32)28-10-15-3-6-26-7-4-15)31-8-5-18-16(12-31)9-17(11-27-18)22(23,24)25/h3-4,6-7,9,11H,5,8,10,12H2,1-2H3,(H,28,32). The number of anilines is 1. The number of alkyl halides is 3. The monoisotopic (exact) mass is 442 g/mol. The highest BCUT2D eigenvalue weighted by atomic mass is 19.4. The number of hydrogen-bond donors (Lipinski definition) is 1. The van der Waals surface area contributed by atoms with Gasteiger partial charge in [-0.1, -0.05) is 0 Å². The Labute approximate surface area is 182 Å². The third kappa shape index (κ3) is 4.39. The van der Waals surface area contributed by atoms with Crippen molar-refractivity contribution >= 4 is 11.7 Å². The number of pyridine rings is 2. The van der Waals surface area contributed by atoms with E-state index in [-0.39, 0.29) is 18.1 Å². The average Bonchev–Trinajstić information content (AvgIpc) is 2.78. The Morgan fingerprint density at radius 1 is 1.16 bits per heavy atom. The quantitative estimate of drug-likeness (QED) is 0.667. The molecular weight excluding hydrogens is 421 g/mol. The molecule has 0 bridgehead atoms. The fraction of sp³-hybridized carbons (Fsp3) is 0.318. The Morgan fingerprint density at radius 2 is 1.91 bits per heavy atom. The van der Waals surface area contributed by atoms with Crippen LogP contribution in [0.2, 0.25) is 0 Å². The Morgan fingerprint density at radius 3 is 2.62 bits per heavy atom. The Kier molecular flexibility index (Phi) is 5.77. The minimum Gasteiger partial charge on any atom is -0.350 e. The number of nitrogens with one attached hydrogen (secondary N) is 1. The van der Waals surface area contributed by atoms with Gasteiger partial charge in [-0.15, -0.1) is 10.2 Å². The fourth-order valence-electron chi connectivity index (χ4n) is 3.64. The Balaban J connectivity index is 1.53. The number of halogens is 3. The van der Waals surface area contributed by atoms with Crippen LogP contribution in [0.5, 0.6) is 0 Å². The third-order valence-electron chi connectivity index (χ3n) is 5.58. The van der Waals surface area contributed by atoms with E-state index < -0.39 is 11.7 Å². The van der Waals surface area contributed by atoms with E-state index in [1.54, 1.807) is 31.5 Å². The number of carbonyl (C=O) groups is 1. The van der Waals surface area contributed by atoms with Crippen LogP contribution >= 0.6 is 0 Å². The van der Waals surface area contributed by atoms with Crippen LogP contribution in [0.25, 0.3) is 0 Å². The molecule has 1 aliphatic heterocycles. The van der Waals surface area contributed by atoms with Crippen molar-refractivity contribution in [2.45, 2.75) is 39.5 Å². The van der Waals surface area contributed by atoms with Crippen molar-refractivity contribution in [1.82, 2.24) is 25.5 Å². The minimum absolute atomic E-state index is 0.221. The lowest BCUT2D eigenvalue weighted by Gasteiger charge is -2.30. The number of hydrogen-bond acceptors (Lipinski definition) is 6. The molecule has 0 spiro atoms. The van der Waals surface area contributed by atoms with E-state index >= 15 is 0 Å². The first-order valence-electron chi connectivity index (χ1n) is 10.0. The molecule has 4 rings (SSSR count). The largest absolute Gasteiger partial charge is 0.417 e. The van der Waals surface area contributed by atoms with E-state index in [4.69, 9.17) is 0 Å². The third-order valence-corrected chi connectivity index (χ3v) is 5.58. The zero-order valence-electron chi connectivity index (χ0n) is 17.6. The summed E-state index contributed by atoms with van der Waals surface area (Å²) in [5.41, 5.74) is 2.98. The summed E-state index contributed by atoms with van der Waals surface area (Å²) in [5, 5.41) is 11.2. The van der Waals surface area contributed by atoms with Crippen molar-refractivity contribution in [3.8, 4) is 0 Å². The molecule has 4 heterocycles. The van der Waals surface area contributed by atoms with Crippen LogP contribution in [-0.2, 0) is 25.7 Å². The number of rotatable bonds is 4. The van der Waals surface area contributed by atoms with Gasteiger partial charge in [-0.3, -0.25) is 14.8 Å². The van der Waals surface area contributed by atoms with E-state index in [0.717, 1.165) is 23.4 Å². The Bertz CT molecular complexity index is 1150. The highest BCUT2D eigenvalue weighted by Crippen LogP contribution is 2.32. The second-order valence-electron chi connectivity index (χ2n) is 7.66. The summed E-state index contributed by atoms with van der Waals surface area (Å²) in [6.07, 6.45) is 0.234. The highest BCUT2D eigenvalue weighted by molar-refractivity contribution is 5.94. The molecule has 0 radical (unpaired) electrons. The predicted molar refractivity (Wildman–Crippen MR) is 111 cm³/mol. The molecule has 3 aromatic heterocycles. The molecule has 10 heteroatoms. The maximum Gasteiger partial charge on any atom is 0.417 e. The second kappa shape index (κ2) is 8.52. The molecule has 0 aliphatic carbocycles. The maximum atomic E-state index is 13.1. The molecule has 1 aliphatic rings. The molecular formula is C22H21F3N6O. The molecule has 3 aromatic rings. The molecule has 1 N–H and O–H groups in total. The van der Waals surface area contributed by atoms with Gasteiger partial charge in [0.1, 0.15) is 0 Å². The number of aromatic nitrogens is 4. The lowest BCUT2D eigenvalue weighted by atomic mass is 10.0. The molecule has 7 nitrogen and oxygen atoms in total. The number of amides is 1. The highest BCUT2D eigenvalue weighted by Gasteiger charge is 2.33. The van der Waals surface area contributed by atoms with Gasteiger partial charge in [0.2, 0.25) is 0 Å². The van der Waals surface area contributed by atoms with Gasteiger partial charge in [0, 0.05) is 50.3 Å². The zero-order valence-corrected chi connectivity index (χ0v) is 17.6. The molecule has 166 valence electrons. The van der Waals surface area contributed by atoms with Crippen molar-refractivity contribution in [3.05, 3.63) is 76.0 Å². The van der Waals surface area contributed by atoms with Crippen molar-refractivity contribution < 1.29 is 18.0 Å². The van der Waals surface area contributed by atoms with E-state index in [1.165, 1.54) is 0 Å². The van der Waals surface area contributed by atoms with Gasteiger partial charge in [-0.05, 0) is 54.3 Å². The first-order chi connectivity index (χ1) is 15.2. The normalized spacial score (nSPS) is 13.6. The summed E-state index contributed by atoms with van der Waals surface area (Å²) >= 11 is 0. The smallest absolute Gasteiger partial charge is 0.350 e. The van der Waals surface area contributed by atoms with Crippen LogP contribution in [0, 0.1) is 13.8 Å². The molecule has 0 unspecified atom stereocenters. The molecule has 0 saturated heterocycles. The second-order valence-corrected chi connectivity index (χ2v) is 7.66. The minimum atomic E-state index is -4.44. The molecule has 0 atom stereocenters. The SMILES string of the molecule is Cc1c(C(=O)NCc2ccncc2)nnc(N2CCc3ncc(C(F)(F)F)cc3C2)c1C. The number of fused-ring (bicyclic) bond motifs is 1. The average molecular weight is 442 g/mol. The zero-order chi connectivity index (χ0) is 22.9. The topological polar surface area (TPSA) is 83.9 Å². The molecule has 1 amide bonds. The Hall–Kier alpha value is -3.56. The fourth-order valence-corrected chi connectivity index (χ4v) is 3.64. The molecule has 0 aromatic carbocycles. The summed E-state index contributed by atoms with van der Waals surface area (Å²) in [5.74, 6) is 0.209. The summed E-state index contributed by atoms with van der Waals surface area (Å²) in [7, 11) is 0. The van der Waals surface area contributed by atoms with Gasteiger partial charge < -0.3 is 10.2 Å². The van der Waals surface area contributed by atoms with Crippen LogP contribution in [0.1, 0.15) is 44.0 Å². The van der Waals surface area contributed by atoms with E-state index in [0.29, 0.717) is 42.1 Å². The summed E-state index contributed by atoms with van der Waals surface area (Å²) in [6.45, 7) is 4.75. The van der Waals surface area contributed by atoms with Crippen LogP contribution in [0.4, 0.5) is 19.0 Å². The molecule has 0 saturated carbocycles. The summed E-state index contributed by atoms with van der Waals surface area (Å²) in [6, 6.07) is 4.76. The van der Waals surface area contributed by atoms with Gasteiger partial charge in [-0.25, -0.2) is 0 Å². The van der Waals surface area contributed by atoms with Crippen molar-refractivity contribution in [3.63, 3.8) is 0 Å². The van der Waals surface area contributed by atoms with Gasteiger partial charge >= 0.3 is 6.18 Å². The van der Waals surface area contributed by atoms with Crippen molar-refractivity contribution in [1.29, 1.82) is 0 Å². The molecule has 0 fully saturated rings. The predicted octanol–water partition coefficient (Wildman–Crippen LogP) is 3.39. The van der Waals surface area contributed by atoms with Crippen molar-refractivity contribution in [2.24, 2.45) is 0 Å². The first kappa shape index (κ1) is 21.7. The van der Waals surface area contributed by atoms with Gasteiger partial charge in [0.25, 0.3) is 5.91 Å². The van der Waals surface area contributed by atoms with Crippen LogP contribution in [-0.4, -0.2) is 32.6 Å². The summed E-state index contributed by atoms with van der Waals surface area (Å²) in [4.78, 5) is 22.4. The molecule has 32 heavy (non-hydrogen) atoms. The van der Waals surface area contributed by atoms with Gasteiger partial charge in [-0.2, -0.15) is 13.2 Å².